The Hall–Kier alpha value is -1.28. The number of fused-ring (bicyclic) bond motifs is 1. The van der Waals surface area contributed by atoms with E-state index in [9.17, 15) is 0 Å². The van der Waals surface area contributed by atoms with Gasteiger partial charge >= 0.3 is 0 Å². The zero-order chi connectivity index (χ0) is 13.2. The lowest BCUT2D eigenvalue weighted by molar-refractivity contribution is 0.380. The lowest BCUT2D eigenvalue weighted by atomic mass is 9.92. The summed E-state index contributed by atoms with van der Waals surface area (Å²) in [6.07, 6.45) is 6.51. The van der Waals surface area contributed by atoms with Gasteiger partial charge in [0.25, 0.3) is 0 Å². The Balaban J connectivity index is 1.99. The largest absolute Gasteiger partial charge is 0.460 e. The van der Waals surface area contributed by atoms with Crippen LogP contribution in [0.4, 0.5) is 0 Å². The molecule has 1 saturated carbocycles. The van der Waals surface area contributed by atoms with Crippen LogP contribution >= 0.6 is 0 Å². The summed E-state index contributed by atoms with van der Waals surface area (Å²) in [6.45, 7) is 2.12. The molecule has 2 heteroatoms. The SMILES string of the molecule is CNC1CCCCCC1c1cc2cccc(C)c2o1. The number of hydrogen-bond donors (Lipinski definition) is 1. The highest BCUT2D eigenvalue weighted by molar-refractivity contribution is 5.81. The van der Waals surface area contributed by atoms with Crippen molar-refractivity contribution in [3.05, 3.63) is 35.6 Å². The average molecular weight is 257 g/mol. The standard InChI is InChI=1S/C17H23NO/c1-12-7-6-8-13-11-16(19-17(12)13)14-9-4-3-5-10-15(14)18-2/h6-8,11,14-15,18H,3-5,9-10H2,1-2H3. The van der Waals surface area contributed by atoms with Gasteiger partial charge in [0, 0.05) is 17.3 Å². The molecule has 2 unspecified atom stereocenters. The molecule has 1 aromatic carbocycles. The van der Waals surface area contributed by atoms with E-state index in [1.54, 1.807) is 0 Å². The zero-order valence-corrected chi connectivity index (χ0v) is 11.9. The summed E-state index contributed by atoms with van der Waals surface area (Å²) in [5.41, 5.74) is 2.30. The van der Waals surface area contributed by atoms with Gasteiger partial charge in [0.2, 0.25) is 0 Å². The Morgan fingerprint density at radius 3 is 2.79 bits per heavy atom. The maximum absolute atomic E-state index is 6.19. The number of aryl methyl sites for hydroxylation is 1. The molecule has 0 saturated heterocycles. The summed E-state index contributed by atoms with van der Waals surface area (Å²) in [5.74, 6) is 1.70. The second-order valence-corrected chi connectivity index (χ2v) is 5.78. The third kappa shape index (κ3) is 2.42. The van der Waals surface area contributed by atoms with Crippen molar-refractivity contribution in [3.8, 4) is 0 Å². The minimum Gasteiger partial charge on any atom is -0.460 e. The fourth-order valence-corrected chi connectivity index (χ4v) is 3.41. The van der Waals surface area contributed by atoms with E-state index in [4.69, 9.17) is 4.42 Å². The minimum absolute atomic E-state index is 0.527. The molecule has 19 heavy (non-hydrogen) atoms. The van der Waals surface area contributed by atoms with E-state index < -0.39 is 0 Å². The monoisotopic (exact) mass is 257 g/mol. The molecule has 1 aliphatic rings. The number of likely N-dealkylation sites (N-methyl/N-ethyl adjacent to an activating group) is 1. The molecule has 1 N–H and O–H groups in total. The van der Waals surface area contributed by atoms with E-state index in [0.29, 0.717) is 12.0 Å². The lowest BCUT2D eigenvalue weighted by Crippen LogP contribution is -2.30. The summed E-state index contributed by atoms with van der Waals surface area (Å²) < 4.78 is 6.19. The highest BCUT2D eigenvalue weighted by Crippen LogP contribution is 2.35. The summed E-state index contributed by atoms with van der Waals surface area (Å²) >= 11 is 0. The topological polar surface area (TPSA) is 25.2 Å². The van der Waals surface area contributed by atoms with E-state index in [-0.39, 0.29) is 0 Å². The van der Waals surface area contributed by atoms with E-state index in [0.717, 1.165) is 5.58 Å². The first kappa shape index (κ1) is 12.7. The van der Waals surface area contributed by atoms with Crippen LogP contribution in [-0.4, -0.2) is 13.1 Å². The fourth-order valence-electron chi connectivity index (χ4n) is 3.41. The van der Waals surface area contributed by atoms with Crippen LogP contribution in [0.1, 0.15) is 49.3 Å². The second kappa shape index (κ2) is 5.38. The molecule has 0 bridgehead atoms. The van der Waals surface area contributed by atoms with Crippen molar-refractivity contribution in [1.82, 2.24) is 5.32 Å². The van der Waals surface area contributed by atoms with Crippen LogP contribution in [0.25, 0.3) is 11.0 Å². The highest BCUT2D eigenvalue weighted by atomic mass is 16.3. The van der Waals surface area contributed by atoms with Gasteiger partial charge in [-0.15, -0.1) is 0 Å². The molecular formula is C17H23NO. The molecule has 0 spiro atoms. The molecule has 1 aromatic heterocycles. The van der Waals surface area contributed by atoms with Gasteiger partial charge in [0.15, 0.2) is 0 Å². The third-order valence-electron chi connectivity index (χ3n) is 4.51. The van der Waals surface area contributed by atoms with Crippen LogP contribution in [-0.2, 0) is 0 Å². The van der Waals surface area contributed by atoms with E-state index >= 15 is 0 Å². The Morgan fingerprint density at radius 1 is 1.16 bits per heavy atom. The van der Waals surface area contributed by atoms with Crippen LogP contribution in [0.5, 0.6) is 0 Å². The Morgan fingerprint density at radius 2 is 2.00 bits per heavy atom. The number of para-hydroxylation sites is 1. The van der Waals surface area contributed by atoms with Crippen molar-refractivity contribution in [2.45, 2.75) is 51.0 Å². The Labute approximate surface area is 115 Å². The quantitative estimate of drug-likeness (QED) is 0.808. The van der Waals surface area contributed by atoms with Crippen molar-refractivity contribution in [1.29, 1.82) is 0 Å². The van der Waals surface area contributed by atoms with Crippen LogP contribution in [0.3, 0.4) is 0 Å². The van der Waals surface area contributed by atoms with Crippen LogP contribution in [0, 0.1) is 6.92 Å². The highest BCUT2D eigenvalue weighted by Gasteiger charge is 2.26. The normalized spacial score (nSPS) is 24.5. The van der Waals surface area contributed by atoms with Gasteiger partial charge in [-0.05, 0) is 38.4 Å². The van der Waals surface area contributed by atoms with Gasteiger partial charge < -0.3 is 9.73 Å². The molecule has 2 nitrogen and oxygen atoms in total. The van der Waals surface area contributed by atoms with Gasteiger partial charge in [-0.3, -0.25) is 0 Å². The van der Waals surface area contributed by atoms with Gasteiger partial charge in [0.05, 0.1) is 0 Å². The fraction of sp³-hybridized carbons (Fsp3) is 0.529. The van der Waals surface area contributed by atoms with E-state index in [2.05, 4.69) is 43.6 Å². The third-order valence-corrected chi connectivity index (χ3v) is 4.51. The van der Waals surface area contributed by atoms with Crippen LogP contribution in [0.2, 0.25) is 0 Å². The molecule has 3 rings (SSSR count). The number of benzene rings is 1. The second-order valence-electron chi connectivity index (χ2n) is 5.78. The zero-order valence-electron chi connectivity index (χ0n) is 11.9. The molecule has 1 aliphatic carbocycles. The van der Waals surface area contributed by atoms with E-state index in [1.165, 1.54) is 48.8 Å². The summed E-state index contributed by atoms with van der Waals surface area (Å²) in [6, 6.07) is 9.20. The first-order valence-electron chi connectivity index (χ1n) is 7.46. The molecule has 1 heterocycles. The molecule has 0 amide bonds. The predicted molar refractivity (Wildman–Crippen MR) is 79.6 cm³/mol. The maximum atomic E-state index is 6.19. The van der Waals surface area contributed by atoms with Crippen molar-refractivity contribution in [2.24, 2.45) is 0 Å². The molecular weight excluding hydrogens is 234 g/mol. The van der Waals surface area contributed by atoms with Crippen LogP contribution in [0.15, 0.2) is 28.7 Å². The van der Waals surface area contributed by atoms with Gasteiger partial charge in [0.1, 0.15) is 11.3 Å². The Kier molecular flexibility index (Phi) is 3.61. The van der Waals surface area contributed by atoms with Crippen molar-refractivity contribution < 1.29 is 4.42 Å². The van der Waals surface area contributed by atoms with Crippen molar-refractivity contribution in [3.63, 3.8) is 0 Å². The number of furan rings is 1. The molecule has 1 fully saturated rings. The molecule has 0 radical (unpaired) electrons. The van der Waals surface area contributed by atoms with Gasteiger partial charge in [-0.2, -0.15) is 0 Å². The van der Waals surface area contributed by atoms with Crippen molar-refractivity contribution >= 4 is 11.0 Å². The van der Waals surface area contributed by atoms with Crippen LogP contribution < -0.4 is 5.32 Å². The first-order valence-corrected chi connectivity index (χ1v) is 7.46. The number of hydrogen-bond acceptors (Lipinski definition) is 2. The van der Waals surface area contributed by atoms with Gasteiger partial charge in [-0.1, -0.05) is 37.5 Å². The Bertz CT molecular complexity index is 557. The summed E-state index contributed by atoms with van der Waals surface area (Å²) in [5, 5.41) is 4.74. The first-order chi connectivity index (χ1) is 9.29. The smallest absolute Gasteiger partial charge is 0.137 e. The molecule has 0 aliphatic heterocycles. The van der Waals surface area contributed by atoms with Crippen molar-refractivity contribution in [2.75, 3.05) is 7.05 Å². The maximum Gasteiger partial charge on any atom is 0.137 e. The lowest BCUT2D eigenvalue weighted by Gasteiger charge is -2.22. The van der Waals surface area contributed by atoms with Gasteiger partial charge in [-0.25, -0.2) is 0 Å². The molecule has 2 aromatic rings. The molecule has 102 valence electrons. The average Bonchev–Trinajstić information content (AvgIpc) is 2.71. The number of rotatable bonds is 2. The summed E-state index contributed by atoms with van der Waals surface area (Å²) in [4.78, 5) is 0. The number of nitrogens with one attached hydrogen (secondary N) is 1. The predicted octanol–water partition coefficient (Wildman–Crippen LogP) is 4.38. The summed E-state index contributed by atoms with van der Waals surface area (Å²) in [7, 11) is 2.08. The van der Waals surface area contributed by atoms with E-state index in [1.807, 2.05) is 0 Å². The minimum atomic E-state index is 0.527. The molecule has 2 atom stereocenters.